The number of sulfone groups is 1. The molecule has 0 fully saturated rings. The number of benzene rings is 1. The molecule has 0 amide bonds. The van der Waals surface area contributed by atoms with E-state index in [0.29, 0.717) is 16.2 Å². The van der Waals surface area contributed by atoms with Crippen molar-refractivity contribution in [3.63, 3.8) is 0 Å². The summed E-state index contributed by atoms with van der Waals surface area (Å²) >= 11 is 0. The van der Waals surface area contributed by atoms with E-state index in [-0.39, 0.29) is 0 Å². The Balaban J connectivity index is 2.14. The normalized spacial score (nSPS) is 18.8. The first kappa shape index (κ1) is 18.2. The summed E-state index contributed by atoms with van der Waals surface area (Å²) in [4.78, 5) is 1.11. The Hall–Kier alpha value is -1.61. The van der Waals surface area contributed by atoms with Gasteiger partial charge in [0.05, 0.1) is 9.80 Å². The highest BCUT2D eigenvalue weighted by Crippen LogP contribution is 2.40. The Bertz CT molecular complexity index is 796. The standard InChI is InChI=1S/C22H28O2S/c1-2-3-11-18-12-10-17-22(21-16-9-5-8-15-20(18)21)25(23,24)19-13-6-4-7-14-19/h4,6-8,13-15H,2-3,5,9-12,16-17H2,1H3. The lowest BCUT2D eigenvalue weighted by molar-refractivity contribution is 0.598. The molecule has 0 spiro atoms. The molecule has 0 saturated heterocycles. The number of hydrogen-bond donors (Lipinski definition) is 0. The minimum atomic E-state index is -3.40. The molecule has 25 heavy (non-hydrogen) atoms. The van der Waals surface area contributed by atoms with Crippen LogP contribution in [0.15, 0.2) is 69.0 Å². The molecule has 2 aliphatic rings. The Morgan fingerprint density at radius 2 is 1.80 bits per heavy atom. The molecule has 0 atom stereocenters. The largest absolute Gasteiger partial charge is 0.219 e. The topological polar surface area (TPSA) is 34.1 Å². The summed E-state index contributed by atoms with van der Waals surface area (Å²) in [7, 11) is -3.40. The van der Waals surface area contributed by atoms with E-state index in [1.807, 2.05) is 18.2 Å². The molecule has 134 valence electrons. The maximum atomic E-state index is 13.3. The van der Waals surface area contributed by atoms with Crippen LogP contribution in [0.1, 0.15) is 64.7 Å². The van der Waals surface area contributed by atoms with Gasteiger partial charge < -0.3 is 0 Å². The van der Waals surface area contributed by atoms with Gasteiger partial charge in [-0.3, -0.25) is 0 Å². The molecule has 0 radical (unpaired) electrons. The fraction of sp³-hybridized carbons (Fsp3) is 0.455. The van der Waals surface area contributed by atoms with E-state index in [0.717, 1.165) is 44.1 Å². The van der Waals surface area contributed by atoms with E-state index in [1.165, 1.54) is 24.0 Å². The van der Waals surface area contributed by atoms with Crippen molar-refractivity contribution in [2.24, 2.45) is 0 Å². The van der Waals surface area contributed by atoms with Crippen LogP contribution in [0.3, 0.4) is 0 Å². The third-order valence-corrected chi connectivity index (χ3v) is 7.21. The van der Waals surface area contributed by atoms with Crippen LogP contribution >= 0.6 is 0 Å². The summed E-state index contributed by atoms with van der Waals surface area (Å²) in [5, 5.41) is 0. The van der Waals surface area contributed by atoms with Crippen molar-refractivity contribution >= 4 is 9.84 Å². The second kappa shape index (κ2) is 8.18. The van der Waals surface area contributed by atoms with Crippen LogP contribution in [0.2, 0.25) is 0 Å². The van der Waals surface area contributed by atoms with Gasteiger partial charge in [0.15, 0.2) is 0 Å². The SMILES string of the molecule is CCCCC1=C2C=CCCCC2=C(S(=O)(=O)c2ccccc2)CCC1. The molecule has 3 heteroatoms. The predicted molar refractivity (Wildman–Crippen MR) is 104 cm³/mol. The summed E-state index contributed by atoms with van der Waals surface area (Å²) in [6, 6.07) is 8.94. The molecule has 0 bridgehead atoms. The molecular formula is C22H28O2S. The summed E-state index contributed by atoms with van der Waals surface area (Å²) in [5.74, 6) is 0. The van der Waals surface area contributed by atoms with Crippen molar-refractivity contribution in [1.29, 1.82) is 0 Å². The quantitative estimate of drug-likeness (QED) is 0.636. The highest BCUT2D eigenvalue weighted by atomic mass is 32.2. The smallest absolute Gasteiger partial charge is 0.203 e. The fourth-order valence-electron chi connectivity index (χ4n) is 3.89. The zero-order valence-corrected chi connectivity index (χ0v) is 15.9. The number of unbranched alkanes of at least 4 members (excludes halogenated alkanes) is 1. The molecule has 2 aliphatic carbocycles. The van der Waals surface area contributed by atoms with E-state index >= 15 is 0 Å². The molecule has 3 rings (SSSR count). The first-order valence-electron chi connectivity index (χ1n) is 9.55. The molecular weight excluding hydrogens is 328 g/mol. The van der Waals surface area contributed by atoms with Crippen LogP contribution in [-0.4, -0.2) is 8.42 Å². The molecule has 0 heterocycles. The summed E-state index contributed by atoms with van der Waals surface area (Å²) in [5.41, 5.74) is 3.80. The number of fused-ring (bicyclic) bond motifs is 1. The third-order valence-electron chi connectivity index (χ3n) is 5.22. The van der Waals surface area contributed by atoms with Gasteiger partial charge in [-0.2, -0.15) is 0 Å². The lowest BCUT2D eigenvalue weighted by atomic mass is 9.94. The molecule has 0 saturated carbocycles. The highest BCUT2D eigenvalue weighted by Gasteiger charge is 2.28. The second-order valence-corrected chi connectivity index (χ2v) is 8.96. The van der Waals surface area contributed by atoms with Crippen molar-refractivity contribution in [2.45, 2.75) is 69.6 Å². The van der Waals surface area contributed by atoms with Gasteiger partial charge in [-0.15, -0.1) is 0 Å². The van der Waals surface area contributed by atoms with Crippen LogP contribution in [0.5, 0.6) is 0 Å². The average molecular weight is 357 g/mol. The van der Waals surface area contributed by atoms with Gasteiger partial charge in [0.2, 0.25) is 9.84 Å². The molecule has 1 aromatic rings. The zero-order chi connectivity index (χ0) is 17.7. The lowest BCUT2D eigenvalue weighted by Gasteiger charge is -2.16. The maximum absolute atomic E-state index is 13.3. The van der Waals surface area contributed by atoms with Gasteiger partial charge in [0.25, 0.3) is 0 Å². The predicted octanol–water partition coefficient (Wildman–Crippen LogP) is 6.13. The number of hydrogen-bond acceptors (Lipinski definition) is 2. The Kier molecular flexibility index (Phi) is 5.95. The summed E-state index contributed by atoms with van der Waals surface area (Å²) in [6.07, 6.45) is 13.5. The van der Waals surface area contributed by atoms with Crippen LogP contribution in [0.25, 0.3) is 0 Å². The van der Waals surface area contributed by atoms with E-state index in [2.05, 4.69) is 19.1 Å². The van der Waals surface area contributed by atoms with Crippen molar-refractivity contribution in [1.82, 2.24) is 0 Å². The summed E-state index contributed by atoms with van der Waals surface area (Å²) < 4.78 is 26.6. The Morgan fingerprint density at radius 1 is 1.00 bits per heavy atom. The molecule has 0 unspecified atom stereocenters. The van der Waals surface area contributed by atoms with Gasteiger partial charge in [0, 0.05) is 0 Å². The fourth-order valence-corrected chi connectivity index (χ4v) is 5.64. The zero-order valence-electron chi connectivity index (χ0n) is 15.1. The average Bonchev–Trinajstić information content (AvgIpc) is 2.96. The van der Waals surface area contributed by atoms with E-state index in [4.69, 9.17) is 0 Å². The van der Waals surface area contributed by atoms with Gasteiger partial charge in [-0.1, -0.05) is 49.3 Å². The second-order valence-electron chi connectivity index (χ2n) is 6.99. The van der Waals surface area contributed by atoms with Gasteiger partial charge in [0.1, 0.15) is 0 Å². The first-order valence-corrected chi connectivity index (χ1v) is 11.0. The van der Waals surface area contributed by atoms with Gasteiger partial charge in [-0.25, -0.2) is 8.42 Å². The van der Waals surface area contributed by atoms with E-state index in [9.17, 15) is 8.42 Å². The minimum absolute atomic E-state index is 0.432. The summed E-state index contributed by atoms with van der Waals surface area (Å²) in [6.45, 7) is 2.22. The molecule has 1 aromatic carbocycles. The Morgan fingerprint density at radius 3 is 2.56 bits per heavy atom. The molecule has 2 nitrogen and oxygen atoms in total. The lowest BCUT2D eigenvalue weighted by Crippen LogP contribution is -2.08. The maximum Gasteiger partial charge on any atom is 0.203 e. The van der Waals surface area contributed by atoms with Crippen LogP contribution in [-0.2, 0) is 9.84 Å². The molecule has 0 N–H and O–H groups in total. The minimum Gasteiger partial charge on any atom is -0.219 e. The van der Waals surface area contributed by atoms with Crippen LogP contribution in [0.4, 0.5) is 0 Å². The first-order chi connectivity index (χ1) is 12.1. The third kappa shape index (κ3) is 3.98. The number of allylic oxidation sites excluding steroid dienone is 6. The van der Waals surface area contributed by atoms with E-state index in [1.54, 1.807) is 12.1 Å². The molecule has 0 aliphatic heterocycles. The van der Waals surface area contributed by atoms with Crippen molar-refractivity contribution < 1.29 is 8.42 Å². The van der Waals surface area contributed by atoms with Crippen LogP contribution < -0.4 is 0 Å². The van der Waals surface area contributed by atoms with Crippen molar-refractivity contribution in [3.05, 3.63) is 64.1 Å². The molecule has 0 aromatic heterocycles. The number of rotatable bonds is 5. The monoisotopic (exact) mass is 356 g/mol. The van der Waals surface area contributed by atoms with Gasteiger partial charge >= 0.3 is 0 Å². The van der Waals surface area contributed by atoms with Gasteiger partial charge in [-0.05, 0) is 74.6 Å². The van der Waals surface area contributed by atoms with Crippen molar-refractivity contribution in [3.8, 4) is 0 Å². The van der Waals surface area contributed by atoms with Crippen molar-refractivity contribution in [2.75, 3.05) is 0 Å². The van der Waals surface area contributed by atoms with Crippen LogP contribution in [0, 0.1) is 0 Å². The van der Waals surface area contributed by atoms with E-state index < -0.39 is 9.84 Å². The highest BCUT2D eigenvalue weighted by molar-refractivity contribution is 7.95. The Labute approximate surface area is 152 Å².